The third kappa shape index (κ3) is 8.84. The van der Waals surface area contributed by atoms with E-state index in [0.29, 0.717) is 0 Å². The lowest BCUT2D eigenvalue weighted by Gasteiger charge is -1.85. The molecule has 0 aromatic rings. The summed E-state index contributed by atoms with van der Waals surface area (Å²) in [5, 5.41) is -0.157. The first-order valence-corrected chi connectivity index (χ1v) is 1.85. The highest BCUT2D eigenvalue weighted by molar-refractivity contribution is 7.81. The van der Waals surface area contributed by atoms with Crippen LogP contribution in [0.2, 0.25) is 0 Å². The summed E-state index contributed by atoms with van der Waals surface area (Å²) in [4.78, 5) is 0. The second-order valence-corrected chi connectivity index (χ2v) is 1.32. The molecule has 0 saturated carbocycles. The van der Waals surface area contributed by atoms with Crippen LogP contribution in [-0.4, -0.2) is 5.37 Å². The first-order chi connectivity index (χ1) is 2.27. The van der Waals surface area contributed by atoms with E-state index in [1.54, 1.807) is 6.08 Å². The molecule has 1 unspecified atom stereocenters. The molecular weight excluding hydrogens is 118 g/mol. The lowest BCUT2D eigenvalue weighted by atomic mass is 10.7. The molecule has 0 aromatic heterocycles. The predicted octanol–water partition coefficient (Wildman–Crippen LogP) is 0.809. The average molecular weight is 126 g/mol. The highest BCUT2D eigenvalue weighted by atomic mass is 35.5. The Morgan fingerprint density at radius 2 is 2.00 bits per heavy atom. The maximum Gasteiger partial charge on any atom is 0.0661 e. The van der Waals surface area contributed by atoms with E-state index in [1.807, 2.05) is 0 Å². The van der Waals surface area contributed by atoms with Gasteiger partial charge in [-0.3, -0.25) is 0 Å². The second kappa shape index (κ2) is 5.34. The van der Waals surface area contributed by atoms with Gasteiger partial charge in [-0.05, 0) is 0 Å². The molecular formula is C3H8ClNS. The van der Waals surface area contributed by atoms with Crippen molar-refractivity contribution >= 4 is 25.0 Å². The Bertz CT molecular complexity index is 37.8. The molecule has 1 nitrogen and oxygen atoms in total. The van der Waals surface area contributed by atoms with Gasteiger partial charge in [0, 0.05) is 0 Å². The number of hydrogen-bond acceptors (Lipinski definition) is 2. The van der Waals surface area contributed by atoms with Crippen molar-refractivity contribution in [1.82, 2.24) is 0 Å². The van der Waals surface area contributed by atoms with Crippen LogP contribution in [0.5, 0.6) is 0 Å². The van der Waals surface area contributed by atoms with E-state index in [1.165, 1.54) is 0 Å². The summed E-state index contributed by atoms with van der Waals surface area (Å²) < 4.78 is 0. The molecule has 0 fully saturated rings. The molecule has 0 rings (SSSR count). The van der Waals surface area contributed by atoms with Crippen LogP contribution < -0.4 is 5.73 Å². The first kappa shape index (κ1) is 9.60. The number of halogens is 1. The lowest BCUT2D eigenvalue weighted by molar-refractivity contribution is 1.18. The Labute approximate surface area is 49.4 Å². The maximum absolute atomic E-state index is 5.04. The van der Waals surface area contributed by atoms with Crippen molar-refractivity contribution < 1.29 is 0 Å². The standard InChI is InChI=1S/C3H7NS.ClH/c1-2-3(4)5;/h2-3,5H,1,4H2;1H. The molecule has 0 aliphatic carbocycles. The minimum absolute atomic E-state index is 0. The van der Waals surface area contributed by atoms with Gasteiger partial charge in [0.05, 0.1) is 5.37 Å². The van der Waals surface area contributed by atoms with Crippen molar-refractivity contribution in [2.24, 2.45) is 5.73 Å². The molecule has 0 saturated heterocycles. The smallest absolute Gasteiger partial charge is 0.0661 e. The van der Waals surface area contributed by atoms with Crippen molar-refractivity contribution in [3.05, 3.63) is 12.7 Å². The van der Waals surface area contributed by atoms with E-state index >= 15 is 0 Å². The molecule has 0 amide bonds. The molecule has 0 heterocycles. The van der Waals surface area contributed by atoms with E-state index in [2.05, 4.69) is 19.2 Å². The van der Waals surface area contributed by atoms with Gasteiger partial charge in [0.25, 0.3) is 0 Å². The van der Waals surface area contributed by atoms with E-state index in [-0.39, 0.29) is 17.8 Å². The van der Waals surface area contributed by atoms with Gasteiger partial charge in [-0.1, -0.05) is 6.08 Å². The van der Waals surface area contributed by atoms with Gasteiger partial charge in [0.2, 0.25) is 0 Å². The normalized spacial score (nSPS) is 11.7. The zero-order valence-corrected chi connectivity index (χ0v) is 5.01. The van der Waals surface area contributed by atoms with Crippen LogP contribution in [0, 0.1) is 0 Å². The Balaban J connectivity index is 0. The minimum Gasteiger partial charge on any atom is -0.316 e. The third-order valence-corrected chi connectivity index (χ3v) is 0.452. The summed E-state index contributed by atoms with van der Waals surface area (Å²) in [6, 6.07) is 0. The molecule has 38 valence electrons. The molecule has 0 spiro atoms. The first-order valence-electron chi connectivity index (χ1n) is 1.33. The van der Waals surface area contributed by atoms with Crippen LogP contribution in [0.25, 0.3) is 0 Å². The molecule has 0 aliphatic rings. The highest BCUT2D eigenvalue weighted by Crippen LogP contribution is 1.79. The predicted molar refractivity (Wildman–Crippen MR) is 34.4 cm³/mol. The lowest BCUT2D eigenvalue weighted by Crippen LogP contribution is -2.05. The molecule has 0 radical (unpaired) electrons. The Morgan fingerprint density at radius 3 is 2.00 bits per heavy atom. The van der Waals surface area contributed by atoms with Crippen LogP contribution in [0.4, 0.5) is 0 Å². The summed E-state index contributed by atoms with van der Waals surface area (Å²) in [6.07, 6.45) is 1.56. The van der Waals surface area contributed by atoms with Gasteiger partial charge in [0.15, 0.2) is 0 Å². The zero-order chi connectivity index (χ0) is 4.28. The van der Waals surface area contributed by atoms with Gasteiger partial charge < -0.3 is 5.73 Å². The minimum atomic E-state index is -0.157. The van der Waals surface area contributed by atoms with E-state index in [0.717, 1.165) is 0 Å². The van der Waals surface area contributed by atoms with Crippen LogP contribution in [-0.2, 0) is 0 Å². The van der Waals surface area contributed by atoms with Crippen molar-refractivity contribution in [1.29, 1.82) is 0 Å². The number of hydrogen-bond donors (Lipinski definition) is 2. The molecule has 6 heavy (non-hydrogen) atoms. The Kier molecular flexibility index (Phi) is 8.54. The molecule has 0 bridgehead atoms. The molecule has 0 aliphatic heterocycles. The van der Waals surface area contributed by atoms with E-state index in [4.69, 9.17) is 5.73 Å². The fraction of sp³-hybridized carbons (Fsp3) is 0.333. The van der Waals surface area contributed by atoms with Crippen LogP contribution in [0.15, 0.2) is 12.7 Å². The van der Waals surface area contributed by atoms with E-state index < -0.39 is 0 Å². The van der Waals surface area contributed by atoms with Crippen molar-refractivity contribution in [3.8, 4) is 0 Å². The fourth-order valence-corrected chi connectivity index (χ4v) is 0. The maximum atomic E-state index is 5.04. The number of rotatable bonds is 1. The van der Waals surface area contributed by atoms with Crippen molar-refractivity contribution in [3.63, 3.8) is 0 Å². The van der Waals surface area contributed by atoms with Crippen LogP contribution >= 0.6 is 25.0 Å². The van der Waals surface area contributed by atoms with Crippen molar-refractivity contribution in [2.75, 3.05) is 0 Å². The van der Waals surface area contributed by atoms with Gasteiger partial charge in [0.1, 0.15) is 0 Å². The van der Waals surface area contributed by atoms with Crippen LogP contribution in [0.3, 0.4) is 0 Å². The SMILES string of the molecule is C=CC(N)S.Cl. The molecule has 2 N–H and O–H groups in total. The molecule has 1 atom stereocenters. The summed E-state index contributed by atoms with van der Waals surface area (Å²) in [7, 11) is 0. The third-order valence-electron chi connectivity index (χ3n) is 0.241. The van der Waals surface area contributed by atoms with Gasteiger partial charge in [-0.2, -0.15) is 12.6 Å². The van der Waals surface area contributed by atoms with Gasteiger partial charge in [-0.15, -0.1) is 19.0 Å². The number of thiol groups is 1. The summed E-state index contributed by atoms with van der Waals surface area (Å²) in [5.41, 5.74) is 5.04. The quantitative estimate of drug-likeness (QED) is 0.303. The highest BCUT2D eigenvalue weighted by Gasteiger charge is 1.74. The monoisotopic (exact) mass is 125 g/mol. The van der Waals surface area contributed by atoms with Gasteiger partial charge >= 0.3 is 0 Å². The van der Waals surface area contributed by atoms with Crippen LogP contribution in [0.1, 0.15) is 0 Å². The topological polar surface area (TPSA) is 26.0 Å². The summed E-state index contributed by atoms with van der Waals surface area (Å²) in [6.45, 7) is 3.36. The molecule has 0 aromatic carbocycles. The summed E-state index contributed by atoms with van der Waals surface area (Å²) >= 11 is 3.76. The average Bonchev–Trinajstić information content (AvgIpc) is 1.38. The van der Waals surface area contributed by atoms with Gasteiger partial charge in [-0.25, -0.2) is 0 Å². The summed E-state index contributed by atoms with van der Waals surface area (Å²) in [5.74, 6) is 0. The number of nitrogens with two attached hydrogens (primary N) is 1. The Morgan fingerprint density at radius 1 is 1.83 bits per heavy atom. The van der Waals surface area contributed by atoms with E-state index in [9.17, 15) is 0 Å². The Hall–Kier alpha value is 0.340. The largest absolute Gasteiger partial charge is 0.316 e. The fourth-order valence-electron chi connectivity index (χ4n) is 0. The molecule has 3 heteroatoms. The second-order valence-electron chi connectivity index (χ2n) is 0.726. The zero-order valence-electron chi connectivity index (χ0n) is 3.29. The van der Waals surface area contributed by atoms with Crippen molar-refractivity contribution in [2.45, 2.75) is 5.37 Å².